The summed E-state index contributed by atoms with van der Waals surface area (Å²) < 4.78 is 5.39. The third kappa shape index (κ3) is 4.09. The number of hydrogen-bond donors (Lipinski definition) is 1. The van der Waals surface area contributed by atoms with Crippen molar-refractivity contribution in [3.05, 3.63) is 64.2 Å². The average molecular weight is 283 g/mol. The van der Waals surface area contributed by atoms with Crippen LogP contribution in [0.25, 0.3) is 0 Å². The number of hydrogen-bond acceptors (Lipinski definition) is 3. The number of benzene rings is 2. The molecule has 2 rings (SSSR count). The SMILES string of the molecule is Cc1cc(C)c(COC(=O)Cc2cccc(N)c2)c(C)c1. The Kier molecular flexibility index (Phi) is 4.63. The third-order valence-electron chi connectivity index (χ3n) is 3.52. The minimum absolute atomic E-state index is 0.236. The summed E-state index contributed by atoms with van der Waals surface area (Å²) >= 11 is 0. The highest BCUT2D eigenvalue weighted by Crippen LogP contribution is 2.17. The van der Waals surface area contributed by atoms with Gasteiger partial charge in [-0.3, -0.25) is 4.79 Å². The van der Waals surface area contributed by atoms with Crippen LogP contribution in [-0.4, -0.2) is 5.97 Å². The number of aryl methyl sites for hydroxylation is 3. The van der Waals surface area contributed by atoms with E-state index in [2.05, 4.69) is 19.1 Å². The van der Waals surface area contributed by atoms with E-state index in [0.29, 0.717) is 12.3 Å². The van der Waals surface area contributed by atoms with Gasteiger partial charge >= 0.3 is 5.97 Å². The maximum atomic E-state index is 11.9. The highest BCUT2D eigenvalue weighted by Gasteiger charge is 2.09. The number of anilines is 1. The van der Waals surface area contributed by atoms with Gasteiger partial charge in [-0.1, -0.05) is 29.8 Å². The molecule has 0 heterocycles. The Morgan fingerprint density at radius 1 is 1.10 bits per heavy atom. The van der Waals surface area contributed by atoms with E-state index in [1.54, 1.807) is 12.1 Å². The van der Waals surface area contributed by atoms with Gasteiger partial charge in [-0.15, -0.1) is 0 Å². The van der Waals surface area contributed by atoms with Gasteiger partial charge in [0.05, 0.1) is 6.42 Å². The minimum Gasteiger partial charge on any atom is -0.461 e. The second-order valence-corrected chi connectivity index (χ2v) is 5.46. The molecule has 2 aromatic carbocycles. The van der Waals surface area contributed by atoms with E-state index in [0.717, 1.165) is 22.3 Å². The van der Waals surface area contributed by atoms with Gasteiger partial charge in [-0.2, -0.15) is 0 Å². The Balaban J connectivity index is 1.99. The second kappa shape index (κ2) is 6.44. The minimum atomic E-state index is -0.236. The Hall–Kier alpha value is -2.29. The molecule has 0 spiro atoms. The molecule has 0 amide bonds. The topological polar surface area (TPSA) is 52.3 Å². The zero-order valence-electron chi connectivity index (χ0n) is 12.8. The predicted molar refractivity (Wildman–Crippen MR) is 85.0 cm³/mol. The summed E-state index contributed by atoms with van der Waals surface area (Å²) in [6.45, 7) is 6.47. The second-order valence-electron chi connectivity index (χ2n) is 5.46. The molecule has 0 aliphatic carbocycles. The molecule has 3 nitrogen and oxygen atoms in total. The molecule has 0 unspecified atom stereocenters. The van der Waals surface area contributed by atoms with Crippen molar-refractivity contribution < 1.29 is 9.53 Å². The summed E-state index contributed by atoms with van der Waals surface area (Å²) in [7, 11) is 0. The van der Waals surface area contributed by atoms with Gasteiger partial charge in [-0.05, 0) is 55.2 Å². The normalized spacial score (nSPS) is 10.4. The van der Waals surface area contributed by atoms with Crippen LogP contribution < -0.4 is 5.73 Å². The Bertz CT molecular complexity index is 639. The molecular weight excluding hydrogens is 262 g/mol. The molecule has 0 saturated heterocycles. The van der Waals surface area contributed by atoms with E-state index in [1.165, 1.54) is 5.56 Å². The van der Waals surface area contributed by atoms with Crippen molar-refractivity contribution in [2.24, 2.45) is 0 Å². The maximum absolute atomic E-state index is 11.9. The predicted octanol–water partition coefficient (Wildman–Crippen LogP) is 3.48. The molecule has 0 bridgehead atoms. The first-order valence-electron chi connectivity index (χ1n) is 7.02. The first kappa shape index (κ1) is 15.1. The standard InChI is InChI=1S/C18H21NO2/c1-12-7-13(2)17(14(3)8-12)11-21-18(20)10-15-5-4-6-16(19)9-15/h4-9H,10-11,19H2,1-3H3. The molecule has 0 aliphatic heterocycles. The van der Waals surface area contributed by atoms with Crippen molar-refractivity contribution in [2.45, 2.75) is 33.8 Å². The number of nitrogen functional groups attached to an aromatic ring is 1. The number of carbonyl (C=O) groups is 1. The van der Waals surface area contributed by atoms with Crippen LogP contribution in [-0.2, 0) is 22.6 Å². The Morgan fingerprint density at radius 3 is 2.38 bits per heavy atom. The van der Waals surface area contributed by atoms with Crippen molar-refractivity contribution in [1.29, 1.82) is 0 Å². The zero-order chi connectivity index (χ0) is 15.4. The average Bonchev–Trinajstić information content (AvgIpc) is 2.37. The van der Waals surface area contributed by atoms with Crippen LogP contribution >= 0.6 is 0 Å². The van der Waals surface area contributed by atoms with Gasteiger partial charge in [0.15, 0.2) is 0 Å². The summed E-state index contributed by atoms with van der Waals surface area (Å²) in [5.41, 5.74) is 11.9. The summed E-state index contributed by atoms with van der Waals surface area (Å²) in [5, 5.41) is 0. The third-order valence-corrected chi connectivity index (χ3v) is 3.52. The Morgan fingerprint density at radius 2 is 1.76 bits per heavy atom. The summed E-state index contributed by atoms with van der Waals surface area (Å²) in [4.78, 5) is 11.9. The lowest BCUT2D eigenvalue weighted by Crippen LogP contribution is -2.09. The fraction of sp³-hybridized carbons (Fsp3) is 0.278. The largest absolute Gasteiger partial charge is 0.461 e. The van der Waals surface area contributed by atoms with E-state index in [-0.39, 0.29) is 12.4 Å². The lowest BCUT2D eigenvalue weighted by atomic mass is 10.0. The molecule has 0 fully saturated rings. The number of nitrogens with two attached hydrogens (primary N) is 1. The molecule has 110 valence electrons. The quantitative estimate of drug-likeness (QED) is 0.690. The first-order chi connectivity index (χ1) is 9.95. The first-order valence-corrected chi connectivity index (χ1v) is 7.02. The molecule has 2 aromatic rings. The van der Waals surface area contributed by atoms with Crippen molar-refractivity contribution >= 4 is 11.7 Å². The van der Waals surface area contributed by atoms with Crippen molar-refractivity contribution in [1.82, 2.24) is 0 Å². The van der Waals surface area contributed by atoms with Gasteiger partial charge in [0.25, 0.3) is 0 Å². The maximum Gasteiger partial charge on any atom is 0.310 e. The molecule has 21 heavy (non-hydrogen) atoms. The summed E-state index contributed by atoms with van der Waals surface area (Å²) in [6.07, 6.45) is 0.245. The van der Waals surface area contributed by atoms with E-state index < -0.39 is 0 Å². The summed E-state index contributed by atoms with van der Waals surface area (Å²) in [5.74, 6) is -0.236. The van der Waals surface area contributed by atoms with Crippen molar-refractivity contribution in [3.63, 3.8) is 0 Å². The van der Waals surface area contributed by atoms with Gasteiger partial charge < -0.3 is 10.5 Å². The molecule has 0 aliphatic rings. The van der Waals surface area contributed by atoms with Crippen LogP contribution in [0.2, 0.25) is 0 Å². The van der Waals surface area contributed by atoms with Crippen LogP contribution in [0.15, 0.2) is 36.4 Å². The fourth-order valence-electron chi connectivity index (χ4n) is 2.51. The monoisotopic (exact) mass is 283 g/mol. The highest BCUT2D eigenvalue weighted by molar-refractivity contribution is 5.73. The lowest BCUT2D eigenvalue weighted by Gasteiger charge is -2.12. The van der Waals surface area contributed by atoms with Gasteiger partial charge in [0.1, 0.15) is 6.61 Å². The van der Waals surface area contributed by atoms with Gasteiger partial charge in [-0.25, -0.2) is 0 Å². The van der Waals surface area contributed by atoms with Crippen LogP contribution in [0.4, 0.5) is 5.69 Å². The van der Waals surface area contributed by atoms with Crippen LogP contribution in [0.3, 0.4) is 0 Å². The number of ether oxygens (including phenoxy) is 1. The molecular formula is C18H21NO2. The molecule has 0 atom stereocenters. The van der Waals surface area contributed by atoms with E-state index in [1.807, 2.05) is 26.0 Å². The van der Waals surface area contributed by atoms with Gasteiger partial charge in [0, 0.05) is 5.69 Å². The summed E-state index contributed by atoms with van der Waals surface area (Å²) in [6, 6.07) is 11.5. The van der Waals surface area contributed by atoms with Crippen LogP contribution in [0.1, 0.15) is 27.8 Å². The van der Waals surface area contributed by atoms with Crippen molar-refractivity contribution in [2.75, 3.05) is 5.73 Å². The van der Waals surface area contributed by atoms with E-state index >= 15 is 0 Å². The number of esters is 1. The van der Waals surface area contributed by atoms with Crippen LogP contribution in [0, 0.1) is 20.8 Å². The molecule has 3 heteroatoms. The smallest absolute Gasteiger partial charge is 0.310 e. The number of rotatable bonds is 4. The zero-order valence-corrected chi connectivity index (χ0v) is 12.8. The highest BCUT2D eigenvalue weighted by atomic mass is 16.5. The molecule has 2 N–H and O–H groups in total. The molecule has 0 saturated carbocycles. The fourth-order valence-corrected chi connectivity index (χ4v) is 2.51. The Labute approximate surface area is 125 Å². The lowest BCUT2D eigenvalue weighted by molar-refractivity contribution is -0.144. The van der Waals surface area contributed by atoms with E-state index in [9.17, 15) is 4.79 Å². The van der Waals surface area contributed by atoms with Crippen LogP contribution in [0.5, 0.6) is 0 Å². The molecule has 0 aromatic heterocycles. The van der Waals surface area contributed by atoms with E-state index in [4.69, 9.17) is 10.5 Å². The van der Waals surface area contributed by atoms with Gasteiger partial charge in [0.2, 0.25) is 0 Å². The number of carbonyl (C=O) groups excluding carboxylic acids is 1. The van der Waals surface area contributed by atoms with Crippen molar-refractivity contribution in [3.8, 4) is 0 Å². The molecule has 0 radical (unpaired) electrons.